The van der Waals surface area contributed by atoms with E-state index in [0.29, 0.717) is 22.4 Å². The molecular weight excluding hydrogens is 306 g/mol. The van der Waals surface area contributed by atoms with Crippen molar-refractivity contribution in [3.05, 3.63) is 65.2 Å². The van der Waals surface area contributed by atoms with Gasteiger partial charge in [0.2, 0.25) is 5.91 Å². The second kappa shape index (κ2) is 5.97. The summed E-state index contributed by atoms with van der Waals surface area (Å²) in [5.41, 5.74) is 1.57. The molecule has 1 heterocycles. The molecule has 0 bridgehead atoms. The second-order valence-corrected chi connectivity index (χ2v) is 5.38. The quantitative estimate of drug-likeness (QED) is 0.878. The van der Waals surface area contributed by atoms with Crippen LogP contribution in [-0.2, 0) is 4.79 Å². The number of hydrogen-bond acceptors (Lipinski definition) is 4. The lowest BCUT2D eigenvalue weighted by atomic mass is 10.1. The predicted octanol–water partition coefficient (Wildman–Crippen LogP) is 2.18. The van der Waals surface area contributed by atoms with Crippen LogP contribution in [-0.4, -0.2) is 28.7 Å². The highest BCUT2D eigenvalue weighted by atomic mass is 16.2. The third-order valence-corrected chi connectivity index (χ3v) is 3.87. The molecule has 6 nitrogen and oxygen atoms in total. The number of nitrogens with zero attached hydrogens (tertiary/aromatic N) is 2. The molecule has 1 N–H and O–H groups in total. The van der Waals surface area contributed by atoms with Gasteiger partial charge in [0.1, 0.15) is 6.04 Å². The average Bonchev–Trinajstić information content (AvgIpc) is 2.86. The topological polar surface area (TPSA) is 90.3 Å². The summed E-state index contributed by atoms with van der Waals surface area (Å²) in [5.74, 6) is -1.43. The second-order valence-electron chi connectivity index (χ2n) is 5.38. The molecule has 0 aliphatic carbocycles. The molecule has 3 rings (SSSR count). The monoisotopic (exact) mass is 319 g/mol. The zero-order chi connectivity index (χ0) is 17.3. The van der Waals surface area contributed by atoms with Crippen LogP contribution in [0.3, 0.4) is 0 Å². The Balaban J connectivity index is 1.78. The Bertz CT molecular complexity index is 846. The largest absolute Gasteiger partial charge is 0.324 e. The zero-order valence-corrected chi connectivity index (χ0v) is 12.8. The highest BCUT2D eigenvalue weighted by molar-refractivity contribution is 6.23. The van der Waals surface area contributed by atoms with Crippen LogP contribution in [0.25, 0.3) is 0 Å². The molecule has 0 saturated heterocycles. The van der Waals surface area contributed by atoms with Gasteiger partial charge in [0.15, 0.2) is 0 Å². The molecule has 2 aromatic rings. The van der Waals surface area contributed by atoms with Crippen molar-refractivity contribution in [2.45, 2.75) is 13.0 Å². The molecule has 6 heteroatoms. The standard InChI is InChI=1S/C18H13N3O3/c1-11(16(22)20-13-8-6-12(10-19)7-9-13)21-17(23)14-4-2-3-5-15(14)18(21)24/h2-9,11H,1H3,(H,20,22)/t11-/m0/s1. The van der Waals surface area contributed by atoms with Crippen molar-refractivity contribution in [3.63, 3.8) is 0 Å². The van der Waals surface area contributed by atoms with Crippen LogP contribution < -0.4 is 5.32 Å². The van der Waals surface area contributed by atoms with Crippen molar-refractivity contribution in [2.75, 3.05) is 5.32 Å². The van der Waals surface area contributed by atoms with Gasteiger partial charge in [0.05, 0.1) is 22.8 Å². The summed E-state index contributed by atoms with van der Waals surface area (Å²) in [5, 5.41) is 11.4. The Morgan fingerprint density at radius 3 is 2.08 bits per heavy atom. The summed E-state index contributed by atoms with van der Waals surface area (Å²) in [6.45, 7) is 1.50. The molecular formula is C18H13N3O3. The first-order chi connectivity index (χ1) is 11.5. The van der Waals surface area contributed by atoms with Gasteiger partial charge in [-0.05, 0) is 43.3 Å². The number of carbonyl (C=O) groups excluding carboxylic acids is 3. The number of fused-ring (bicyclic) bond motifs is 1. The van der Waals surface area contributed by atoms with Crippen LogP contribution in [0, 0.1) is 11.3 Å². The molecule has 0 unspecified atom stereocenters. The van der Waals surface area contributed by atoms with E-state index in [4.69, 9.17) is 5.26 Å². The van der Waals surface area contributed by atoms with Crippen molar-refractivity contribution < 1.29 is 14.4 Å². The van der Waals surface area contributed by atoms with E-state index >= 15 is 0 Å². The summed E-state index contributed by atoms with van der Waals surface area (Å²) in [7, 11) is 0. The van der Waals surface area contributed by atoms with Crippen molar-refractivity contribution in [1.29, 1.82) is 5.26 Å². The molecule has 1 aliphatic heterocycles. The number of nitrogens with one attached hydrogen (secondary N) is 1. The van der Waals surface area contributed by atoms with E-state index in [-0.39, 0.29) is 0 Å². The third kappa shape index (κ3) is 2.52. The summed E-state index contributed by atoms with van der Waals surface area (Å²) >= 11 is 0. The number of nitriles is 1. The van der Waals surface area contributed by atoms with Gasteiger partial charge in [-0.2, -0.15) is 5.26 Å². The van der Waals surface area contributed by atoms with Gasteiger partial charge >= 0.3 is 0 Å². The number of carbonyl (C=O) groups is 3. The number of benzene rings is 2. The van der Waals surface area contributed by atoms with Crippen molar-refractivity contribution in [3.8, 4) is 6.07 Å². The smallest absolute Gasteiger partial charge is 0.262 e. The fourth-order valence-electron chi connectivity index (χ4n) is 2.55. The van der Waals surface area contributed by atoms with Gasteiger partial charge in [-0.3, -0.25) is 19.3 Å². The number of imide groups is 1. The van der Waals surface area contributed by atoms with Crippen LogP contribution in [0.1, 0.15) is 33.2 Å². The Hall–Kier alpha value is -3.46. The first-order valence-corrected chi connectivity index (χ1v) is 7.31. The molecule has 1 aliphatic rings. The molecule has 0 radical (unpaired) electrons. The maximum absolute atomic E-state index is 12.4. The van der Waals surface area contributed by atoms with Crippen molar-refractivity contribution >= 4 is 23.4 Å². The van der Waals surface area contributed by atoms with Crippen LogP contribution in [0.15, 0.2) is 48.5 Å². The summed E-state index contributed by atoms with van der Waals surface area (Å²) in [6, 6.07) is 13.8. The van der Waals surface area contributed by atoms with E-state index in [9.17, 15) is 14.4 Å². The predicted molar refractivity (Wildman–Crippen MR) is 86.2 cm³/mol. The van der Waals surface area contributed by atoms with Crippen LogP contribution in [0.4, 0.5) is 5.69 Å². The number of hydrogen-bond donors (Lipinski definition) is 1. The first kappa shape index (κ1) is 15.4. The molecule has 1 atom stereocenters. The Morgan fingerprint density at radius 2 is 1.58 bits per heavy atom. The lowest BCUT2D eigenvalue weighted by Crippen LogP contribution is -2.45. The van der Waals surface area contributed by atoms with Crippen molar-refractivity contribution in [2.24, 2.45) is 0 Å². The Morgan fingerprint density at radius 1 is 1.04 bits per heavy atom. The first-order valence-electron chi connectivity index (χ1n) is 7.31. The van der Waals surface area contributed by atoms with E-state index < -0.39 is 23.8 Å². The Kier molecular flexibility index (Phi) is 3.84. The van der Waals surface area contributed by atoms with E-state index in [0.717, 1.165) is 4.90 Å². The van der Waals surface area contributed by atoms with E-state index in [1.54, 1.807) is 48.5 Å². The van der Waals surface area contributed by atoms with E-state index in [1.165, 1.54) is 6.92 Å². The molecule has 0 spiro atoms. The minimum absolute atomic E-state index is 0.306. The maximum Gasteiger partial charge on any atom is 0.262 e. The van der Waals surface area contributed by atoms with Gasteiger partial charge in [-0.15, -0.1) is 0 Å². The fraction of sp³-hybridized carbons (Fsp3) is 0.111. The molecule has 0 saturated carbocycles. The lowest BCUT2D eigenvalue weighted by molar-refractivity contribution is -0.119. The zero-order valence-electron chi connectivity index (χ0n) is 12.8. The number of anilines is 1. The molecule has 118 valence electrons. The summed E-state index contributed by atoms with van der Waals surface area (Å²) in [4.78, 5) is 38.1. The normalized spacial score (nSPS) is 14.1. The van der Waals surface area contributed by atoms with Gasteiger partial charge in [0.25, 0.3) is 11.8 Å². The average molecular weight is 319 g/mol. The van der Waals surface area contributed by atoms with Gasteiger partial charge < -0.3 is 5.32 Å². The minimum atomic E-state index is -0.951. The van der Waals surface area contributed by atoms with Crippen molar-refractivity contribution in [1.82, 2.24) is 4.90 Å². The molecule has 24 heavy (non-hydrogen) atoms. The SMILES string of the molecule is C[C@@H](C(=O)Nc1ccc(C#N)cc1)N1C(=O)c2ccccc2C1=O. The minimum Gasteiger partial charge on any atom is -0.324 e. The lowest BCUT2D eigenvalue weighted by Gasteiger charge is -2.21. The highest BCUT2D eigenvalue weighted by Gasteiger charge is 2.40. The highest BCUT2D eigenvalue weighted by Crippen LogP contribution is 2.24. The molecule has 0 aromatic heterocycles. The third-order valence-electron chi connectivity index (χ3n) is 3.87. The fourth-order valence-corrected chi connectivity index (χ4v) is 2.55. The molecule has 2 aromatic carbocycles. The molecule has 3 amide bonds. The maximum atomic E-state index is 12.4. The van der Waals surface area contributed by atoms with Gasteiger partial charge in [0, 0.05) is 5.69 Å². The van der Waals surface area contributed by atoms with E-state index in [2.05, 4.69) is 5.32 Å². The van der Waals surface area contributed by atoms with Gasteiger partial charge in [-0.1, -0.05) is 12.1 Å². The molecule has 0 fully saturated rings. The van der Waals surface area contributed by atoms with Gasteiger partial charge in [-0.25, -0.2) is 0 Å². The van der Waals surface area contributed by atoms with Crippen LogP contribution >= 0.6 is 0 Å². The summed E-state index contributed by atoms with van der Waals surface area (Å²) < 4.78 is 0. The number of rotatable bonds is 3. The van der Waals surface area contributed by atoms with E-state index in [1.807, 2.05) is 6.07 Å². The summed E-state index contributed by atoms with van der Waals surface area (Å²) in [6.07, 6.45) is 0. The van der Waals surface area contributed by atoms with Crippen LogP contribution in [0.2, 0.25) is 0 Å². The Labute approximate surface area is 138 Å². The van der Waals surface area contributed by atoms with Crippen LogP contribution in [0.5, 0.6) is 0 Å². The number of amides is 3.